The number of hydrogen-bond acceptors (Lipinski definition) is 8. The molecule has 6 fully saturated rings. The second-order valence-electron chi connectivity index (χ2n) is 12.9. The Balaban J connectivity index is 0.000000148. The SMILES string of the molecule is CCC[C@H]1CCN2C[C@H]3OC(C)(C)O[C@H]3[C@@H]2[C@H]1O.CCC[C@H]1CCN2C[C@H]3OC(C)(C)O[C@H]3[C@H]2[C@@H]1O. The van der Waals surface area contributed by atoms with Crippen LogP contribution < -0.4 is 0 Å². The van der Waals surface area contributed by atoms with Gasteiger partial charge in [0.2, 0.25) is 0 Å². The first-order valence-corrected chi connectivity index (χ1v) is 14.6. The van der Waals surface area contributed by atoms with Crippen molar-refractivity contribution in [3.8, 4) is 0 Å². The molecule has 6 saturated heterocycles. The van der Waals surface area contributed by atoms with Gasteiger partial charge in [0.15, 0.2) is 11.6 Å². The van der Waals surface area contributed by atoms with Gasteiger partial charge in [0.1, 0.15) is 24.4 Å². The quantitative estimate of drug-likeness (QED) is 0.598. The highest BCUT2D eigenvalue weighted by Gasteiger charge is 2.58. The van der Waals surface area contributed by atoms with Crippen LogP contribution in [0.5, 0.6) is 0 Å². The van der Waals surface area contributed by atoms with Crippen molar-refractivity contribution in [2.75, 3.05) is 26.2 Å². The highest BCUT2D eigenvalue weighted by molar-refractivity contribution is 5.07. The van der Waals surface area contributed by atoms with Gasteiger partial charge in [-0.1, -0.05) is 26.7 Å². The van der Waals surface area contributed by atoms with Crippen LogP contribution in [0.4, 0.5) is 0 Å². The van der Waals surface area contributed by atoms with Crippen LogP contribution in [0.2, 0.25) is 0 Å². The first-order chi connectivity index (χ1) is 17.0. The maximum atomic E-state index is 10.6. The molecule has 0 bridgehead atoms. The minimum absolute atomic E-state index is 0.0506. The van der Waals surface area contributed by atoms with Gasteiger partial charge < -0.3 is 29.2 Å². The predicted octanol–water partition coefficient (Wildman–Crippen LogP) is 2.74. The maximum Gasteiger partial charge on any atom is 0.163 e. The number of rotatable bonds is 4. The summed E-state index contributed by atoms with van der Waals surface area (Å²) in [5.74, 6) is -0.109. The van der Waals surface area contributed by atoms with Crippen LogP contribution in [0.1, 0.15) is 80.1 Å². The molecule has 0 aromatic heterocycles. The number of nitrogens with zero attached hydrogens (tertiary/aromatic N) is 2. The topological polar surface area (TPSA) is 83.9 Å². The van der Waals surface area contributed by atoms with Gasteiger partial charge in [0.25, 0.3) is 0 Å². The summed E-state index contributed by atoms with van der Waals surface area (Å²) in [5.41, 5.74) is 0. The highest BCUT2D eigenvalue weighted by Crippen LogP contribution is 2.43. The van der Waals surface area contributed by atoms with Gasteiger partial charge in [-0.05, 0) is 78.3 Å². The third kappa shape index (κ3) is 5.14. The van der Waals surface area contributed by atoms with E-state index < -0.39 is 11.6 Å². The molecule has 0 aromatic carbocycles. The first-order valence-electron chi connectivity index (χ1n) is 14.6. The largest absolute Gasteiger partial charge is 0.391 e. The Kier molecular flexibility index (Phi) is 7.83. The van der Waals surface area contributed by atoms with Gasteiger partial charge in [-0.2, -0.15) is 0 Å². The molecule has 0 aromatic rings. The second kappa shape index (κ2) is 10.3. The number of piperidine rings is 2. The number of aliphatic hydroxyl groups is 2. The van der Waals surface area contributed by atoms with Crippen molar-refractivity contribution < 1.29 is 29.2 Å². The second-order valence-corrected chi connectivity index (χ2v) is 12.9. The van der Waals surface area contributed by atoms with Crippen LogP contribution in [0.3, 0.4) is 0 Å². The van der Waals surface area contributed by atoms with Gasteiger partial charge in [0, 0.05) is 13.1 Å². The van der Waals surface area contributed by atoms with E-state index in [1.54, 1.807) is 0 Å². The molecule has 0 amide bonds. The fourth-order valence-corrected chi connectivity index (χ4v) is 7.94. The molecule has 2 N–H and O–H groups in total. The Morgan fingerprint density at radius 2 is 1.06 bits per heavy atom. The molecule has 0 saturated carbocycles. The van der Waals surface area contributed by atoms with E-state index in [0.717, 1.165) is 64.7 Å². The van der Waals surface area contributed by atoms with Crippen molar-refractivity contribution in [1.82, 2.24) is 9.80 Å². The van der Waals surface area contributed by atoms with Crippen molar-refractivity contribution in [1.29, 1.82) is 0 Å². The lowest BCUT2D eigenvalue weighted by molar-refractivity contribution is -0.174. The Bertz CT molecular complexity index is 702. The minimum Gasteiger partial charge on any atom is -0.391 e. The monoisotopic (exact) mass is 510 g/mol. The van der Waals surface area contributed by atoms with E-state index in [2.05, 4.69) is 23.6 Å². The van der Waals surface area contributed by atoms with Gasteiger partial charge in [-0.3, -0.25) is 9.80 Å². The van der Waals surface area contributed by atoms with Gasteiger partial charge in [0.05, 0.1) is 24.3 Å². The van der Waals surface area contributed by atoms with Crippen LogP contribution in [-0.2, 0) is 18.9 Å². The van der Waals surface area contributed by atoms with Crippen molar-refractivity contribution >= 4 is 0 Å². The van der Waals surface area contributed by atoms with Crippen LogP contribution in [0.15, 0.2) is 0 Å². The molecule has 0 radical (unpaired) electrons. The third-order valence-corrected chi connectivity index (χ3v) is 9.35. The fraction of sp³-hybridized carbons (Fsp3) is 1.00. The Hall–Kier alpha value is -0.320. The van der Waals surface area contributed by atoms with Crippen molar-refractivity contribution in [2.45, 2.75) is 140 Å². The zero-order chi connectivity index (χ0) is 25.8. The molecular weight excluding hydrogens is 460 g/mol. The van der Waals surface area contributed by atoms with E-state index >= 15 is 0 Å². The summed E-state index contributed by atoms with van der Waals surface area (Å²) in [6.45, 7) is 16.2. The average Bonchev–Trinajstić information content (AvgIpc) is 3.47. The van der Waals surface area contributed by atoms with Crippen molar-refractivity contribution in [3.05, 3.63) is 0 Å². The van der Waals surface area contributed by atoms with Crippen LogP contribution in [0, 0.1) is 11.8 Å². The van der Waals surface area contributed by atoms with Gasteiger partial charge in [-0.25, -0.2) is 0 Å². The highest BCUT2D eigenvalue weighted by atomic mass is 16.8. The summed E-state index contributed by atoms with van der Waals surface area (Å²) in [4.78, 5) is 4.72. The Morgan fingerprint density at radius 3 is 1.42 bits per heavy atom. The van der Waals surface area contributed by atoms with E-state index in [0.29, 0.717) is 11.8 Å². The molecule has 0 unspecified atom stereocenters. The summed E-state index contributed by atoms with van der Waals surface area (Å²) in [5, 5.41) is 21.2. The predicted molar refractivity (Wildman–Crippen MR) is 136 cm³/mol. The number of hydrogen-bond donors (Lipinski definition) is 2. The molecule has 10 atom stereocenters. The van der Waals surface area contributed by atoms with E-state index in [4.69, 9.17) is 18.9 Å². The standard InChI is InChI=1S/2C14H25NO3/c2*1-4-5-9-6-7-15-8-10-13(11(15)12(9)16)18-14(2,3)17-10/h2*9-13,16H,4-8H2,1-3H3/t9-,10+,11+,12+,13+;9-,10+,11-,12-,13+/m00/s1. The summed E-state index contributed by atoms with van der Waals surface area (Å²) in [6, 6.07) is 0.282. The first kappa shape index (κ1) is 27.3. The number of aliphatic hydroxyl groups excluding tert-OH is 2. The molecular formula is C28H50N2O6. The van der Waals surface area contributed by atoms with Crippen LogP contribution in [-0.4, -0.2) is 106 Å². The van der Waals surface area contributed by atoms with Crippen LogP contribution in [0.25, 0.3) is 0 Å². The molecule has 8 heteroatoms. The average molecular weight is 511 g/mol. The number of ether oxygens (including phenoxy) is 4. The molecule has 0 spiro atoms. The summed E-state index contributed by atoms with van der Waals surface area (Å²) >= 11 is 0. The van der Waals surface area contributed by atoms with Crippen LogP contribution >= 0.6 is 0 Å². The molecule has 36 heavy (non-hydrogen) atoms. The zero-order valence-electron chi connectivity index (χ0n) is 23.3. The van der Waals surface area contributed by atoms with E-state index in [-0.39, 0.29) is 48.7 Å². The normalized spacial score (nSPS) is 47.0. The fourth-order valence-electron chi connectivity index (χ4n) is 7.94. The van der Waals surface area contributed by atoms with E-state index in [1.165, 1.54) is 0 Å². The third-order valence-electron chi connectivity index (χ3n) is 9.35. The van der Waals surface area contributed by atoms with Gasteiger partial charge in [-0.15, -0.1) is 0 Å². The Labute approximate surface area is 217 Å². The molecule has 0 aliphatic carbocycles. The van der Waals surface area contributed by atoms with E-state index in [9.17, 15) is 10.2 Å². The Morgan fingerprint density at radius 1 is 0.667 bits per heavy atom. The molecule has 8 nitrogen and oxygen atoms in total. The lowest BCUT2D eigenvalue weighted by Gasteiger charge is -2.41. The molecule has 6 aliphatic heterocycles. The molecule has 6 rings (SSSR count). The summed E-state index contributed by atoms with van der Waals surface area (Å²) < 4.78 is 23.9. The lowest BCUT2D eigenvalue weighted by Crippen LogP contribution is -2.53. The molecule has 6 heterocycles. The molecule has 208 valence electrons. The lowest BCUT2D eigenvalue weighted by atomic mass is 9.84. The summed E-state index contributed by atoms with van der Waals surface area (Å²) in [7, 11) is 0. The molecule has 6 aliphatic rings. The zero-order valence-corrected chi connectivity index (χ0v) is 23.3. The van der Waals surface area contributed by atoms with E-state index in [1.807, 2.05) is 27.7 Å². The minimum atomic E-state index is -0.487. The van der Waals surface area contributed by atoms with Crippen molar-refractivity contribution in [3.63, 3.8) is 0 Å². The maximum absolute atomic E-state index is 10.6. The van der Waals surface area contributed by atoms with Crippen molar-refractivity contribution in [2.24, 2.45) is 11.8 Å². The number of fused-ring (bicyclic) bond motifs is 6. The smallest absolute Gasteiger partial charge is 0.163 e. The van der Waals surface area contributed by atoms with Gasteiger partial charge >= 0.3 is 0 Å². The summed E-state index contributed by atoms with van der Waals surface area (Å²) in [6.07, 6.45) is 6.60.